The molecule has 8 nitrogen and oxygen atoms in total. The van der Waals surface area contributed by atoms with Crippen LogP contribution in [0.15, 0.2) is 47.3 Å². The maximum Gasteiger partial charge on any atom is 0.295 e. The fourth-order valence-electron chi connectivity index (χ4n) is 4.81. The summed E-state index contributed by atoms with van der Waals surface area (Å²) in [6.45, 7) is 2.92. The van der Waals surface area contributed by atoms with Crippen LogP contribution >= 0.6 is 0 Å². The van der Waals surface area contributed by atoms with Gasteiger partial charge in [0.15, 0.2) is 0 Å². The van der Waals surface area contributed by atoms with Crippen LogP contribution in [0.25, 0.3) is 5.76 Å². The molecule has 1 aliphatic carbocycles. The molecule has 8 heteroatoms. The molecule has 3 aliphatic rings. The molecule has 0 radical (unpaired) electrons. The number of aliphatic hydroxyl groups excluding tert-OH is 1. The second kappa shape index (κ2) is 9.64. The first-order chi connectivity index (χ1) is 16.2. The molecular formula is C26H32N2O6. The molecule has 34 heavy (non-hydrogen) atoms. The number of likely N-dealkylation sites (tertiary alicyclic amines) is 1. The summed E-state index contributed by atoms with van der Waals surface area (Å²) < 4.78 is 16.8. The predicted octanol–water partition coefficient (Wildman–Crippen LogP) is 2.50. The smallest absolute Gasteiger partial charge is 0.295 e. The first-order valence-electron chi connectivity index (χ1n) is 11.5. The average molecular weight is 469 g/mol. The van der Waals surface area contributed by atoms with E-state index in [1.54, 1.807) is 37.3 Å². The Morgan fingerprint density at radius 2 is 1.97 bits per heavy atom. The van der Waals surface area contributed by atoms with E-state index in [2.05, 4.69) is 0 Å². The molecule has 0 spiro atoms. The number of likely N-dealkylation sites (N-methyl/N-ethyl adjacent to an activating group) is 1. The monoisotopic (exact) mass is 468 g/mol. The lowest BCUT2D eigenvalue weighted by molar-refractivity contribution is -0.139. The lowest BCUT2D eigenvalue weighted by atomic mass is 9.88. The summed E-state index contributed by atoms with van der Waals surface area (Å²) in [5, 5.41) is 11.4. The van der Waals surface area contributed by atoms with Gasteiger partial charge in [0.2, 0.25) is 0 Å². The first-order valence-corrected chi connectivity index (χ1v) is 11.5. The molecule has 1 N–H and O–H groups in total. The zero-order valence-corrected chi connectivity index (χ0v) is 20.3. The maximum absolute atomic E-state index is 13.2. The van der Waals surface area contributed by atoms with E-state index in [0.717, 1.165) is 23.3 Å². The average Bonchev–Trinajstić information content (AvgIpc) is 3.32. The minimum Gasteiger partial charge on any atom is -0.507 e. The van der Waals surface area contributed by atoms with Crippen LogP contribution in [-0.2, 0) is 25.5 Å². The Labute approximate surface area is 200 Å². The highest BCUT2D eigenvalue weighted by molar-refractivity contribution is 6.47. The second-order valence-corrected chi connectivity index (χ2v) is 9.19. The topological polar surface area (TPSA) is 88.5 Å². The lowest BCUT2D eigenvalue weighted by Gasteiger charge is -2.31. The highest BCUT2D eigenvalue weighted by Crippen LogP contribution is 2.38. The number of hydrogen-bond donors (Lipinski definition) is 1. The Morgan fingerprint density at radius 1 is 1.21 bits per heavy atom. The number of ether oxygens (including phenoxy) is 3. The van der Waals surface area contributed by atoms with Crippen molar-refractivity contribution in [1.82, 2.24) is 9.80 Å². The van der Waals surface area contributed by atoms with E-state index in [-0.39, 0.29) is 23.5 Å². The molecule has 0 unspecified atom stereocenters. The molecule has 2 aliphatic heterocycles. The van der Waals surface area contributed by atoms with Crippen molar-refractivity contribution in [1.29, 1.82) is 0 Å². The van der Waals surface area contributed by atoms with Crippen LogP contribution in [0.1, 0.15) is 24.5 Å². The number of methoxy groups -OCH3 is 2. The molecule has 1 aromatic rings. The third-order valence-corrected chi connectivity index (χ3v) is 6.57. The van der Waals surface area contributed by atoms with E-state index in [0.29, 0.717) is 30.8 Å². The van der Waals surface area contributed by atoms with Gasteiger partial charge >= 0.3 is 0 Å². The minimum atomic E-state index is -0.685. The first kappa shape index (κ1) is 24.0. The molecule has 182 valence electrons. The summed E-state index contributed by atoms with van der Waals surface area (Å²) >= 11 is 0. The number of fused-ring (bicyclic) bond motifs is 1. The van der Waals surface area contributed by atoms with Crippen molar-refractivity contribution in [3.05, 3.63) is 58.4 Å². The Morgan fingerprint density at radius 3 is 2.65 bits per heavy atom. The van der Waals surface area contributed by atoms with Crippen molar-refractivity contribution in [2.75, 3.05) is 41.4 Å². The third-order valence-electron chi connectivity index (χ3n) is 6.57. The molecule has 1 saturated heterocycles. The van der Waals surface area contributed by atoms with Crippen molar-refractivity contribution >= 4 is 17.4 Å². The number of hydrogen-bond acceptors (Lipinski definition) is 7. The molecule has 0 aromatic heterocycles. The standard InChI is InChI=1S/C26H32N2O6/c1-15-12-18-13-17(7-8-19(18)34-15)24(29)22-23(16-6-9-20(32-4)21(14-16)33-5)28(11-10-27(2)3)26(31)25(22)30/h6-9,13,15,21,23,29H,10-12,14H2,1-5H3/t15-,21-,23-/m0/s1. The van der Waals surface area contributed by atoms with Crippen LogP contribution in [0.3, 0.4) is 0 Å². The SMILES string of the molecule is COC1=CC=C([C@H]2C(=C(O)c3ccc4c(c3)C[C@H](C)O4)C(=O)C(=O)N2CCN(C)C)C[C@@H]1OC. The number of aliphatic hydroxyl groups is 1. The summed E-state index contributed by atoms with van der Waals surface area (Å²) in [6.07, 6.45) is 4.54. The van der Waals surface area contributed by atoms with Crippen molar-refractivity contribution in [2.45, 2.75) is 38.0 Å². The largest absolute Gasteiger partial charge is 0.507 e. The van der Waals surface area contributed by atoms with E-state index in [1.807, 2.05) is 38.1 Å². The molecule has 0 bridgehead atoms. The molecule has 1 amide bonds. The van der Waals surface area contributed by atoms with Crippen molar-refractivity contribution in [2.24, 2.45) is 0 Å². The summed E-state index contributed by atoms with van der Waals surface area (Å²) in [4.78, 5) is 29.9. The quantitative estimate of drug-likeness (QED) is 0.374. The molecule has 0 saturated carbocycles. The Bertz CT molecular complexity index is 1090. The van der Waals surface area contributed by atoms with Crippen molar-refractivity contribution in [3.63, 3.8) is 0 Å². The Balaban J connectivity index is 1.80. The summed E-state index contributed by atoms with van der Waals surface area (Å²) in [6, 6.07) is 4.69. The summed E-state index contributed by atoms with van der Waals surface area (Å²) in [5.74, 6) is -0.00785. The zero-order chi connectivity index (χ0) is 24.6. The van der Waals surface area contributed by atoms with E-state index < -0.39 is 17.7 Å². The highest BCUT2D eigenvalue weighted by atomic mass is 16.5. The Kier molecular flexibility index (Phi) is 6.81. The number of Topliss-reactive ketones (excluding diaryl/α,β-unsaturated/α-hetero) is 1. The van der Waals surface area contributed by atoms with E-state index in [4.69, 9.17) is 14.2 Å². The van der Waals surface area contributed by atoms with Crippen molar-refractivity contribution in [3.8, 4) is 5.75 Å². The molecule has 2 heterocycles. The zero-order valence-electron chi connectivity index (χ0n) is 20.3. The number of nitrogens with zero attached hydrogens (tertiary/aromatic N) is 2. The lowest BCUT2D eigenvalue weighted by Crippen LogP contribution is -2.41. The van der Waals surface area contributed by atoms with Gasteiger partial charge in [-0.1, -0.05) is 6.08 Å². The highest BCUT2D eigenvalue weighted by Gasteiger charge is 2.47. The minimum absolute atomic E-state index is 0.0594. The number of carbonyl (C=O) groups is 2. The van der Waals surface area contributed by atoms with E-state index in [9.17, 15) is 14.7 Å². The fourth-order valence-corrected chi connectivity index (χ4v) is 4.81. The number of rotatable bonds is 7. The van der Waals surface area contributed by atoms with Gasteiger partial charge in [-0.25, -0.2) is 0 Å². The molecule has 1 aromatic carbocycles. The number of ketones is 1. The summed E-state index contributed by atoms with van der Waals surface area (Å²) in [7, 11) is 7.00. The van der Waals surface area contributed by atoms with Crippen LogP contribution in [-0.4, -0.2) is 86.3 Å². The van der Waals surface area contributed by atoms with Gasteiger partial charge in [-0.3, -0.25) is 9.59 Å². The fraction of sp³-hybridized carbons (Fsp3) is 0.462. The van der Waals surface area contributed by atoms with Crippen molar-refractivity contribution < 1.29 is 28.9 Å². The van der Waals surface area contributed by atoms with Crippen LogP contribution in [0.5, 0.6) is 5.75 Å². The van der Waals surface area contributed by atoms with Gasteiger partial charge in [0, 0.05) is 38.6 Å². The number of amides is 1. The van der Waals surface area contributed by atoms with Crippen LogP contribution in [0, 0.1) is 0 Å². The molecule has 1 fully saturated rings. The number of benzene rings is 1. The van der Waals surface area contributed by atoms with Crippen LogP contribution < -0.4 is 4.74 Å². The molecule has 3 atom stereocenters. The van der Waals surface area contributed by atoms with E-state index in [1.165, 1.54) is 0 Å². The Hall–Kier alpha value is -3.10. The maximum atomic E-state index is 13.2. The van der Waals surface area contributed by atoms with Gasteiger partial charge in [0.05, 0.1) is 18.7 Å². The van der Waals surface area contributed by atoms with E-state index >= 15 is 0 Å². The number of carbonyl (C=O) groups excluding carboxylic acids is 2. The van der Waals surface area contributed by atoms with Crippen LogP contribution in [0.4, 0.5) is 0 Å². The van der Waals surface area contributed by atoms with Gasteiger partial charge in [-0.15, -0.1) is 0 Å². The van der Waals surface area contributed by atoms with Gasteiger partial charge in [-0.05, 0) is 56.4 Å². The van der Waals surface area contributed by atoms with Gasteiger partial charge in [0.1, 0.15) is 29.5 Å². The van der Waals surface area contributed by atoms with Crippen LogP contribution in [0.2, 0.25) is 0 Å². The normalized spacial score (nSPS) is 25.8. The number of allylic oxidation sites excluding steroid dienone is 2. The van der Waals surface area contributed by atoms with Gasteiger partial charge in [-0.2, -0.15) is 0 Å². The third kappa shape index (κ3) is 4.35. The van der Waals surface area contributed by atoms with Gasteiger partial charge in [0.25, 0.3) is 11.7 Å². The predicted molar refractivity (Wildman–Crippen MR) is 127 cm³/mol. The molecular weight excluding hydrogens is 436 g/mol. The van der Waals surface area contributed by atoms with Gasteiger partial charge < -0.3 is 29.1 Å². The summed E-state index contributed by atoms with van der Waals surface area (Å²) in [5.41, 5.74) is 2.38. The second-order valence-electron chi connectivity index (χ2n) is 9.19. The molecule has 4 rings (SSSR count).